The predicted molar refractivity (Wildman–Crippen MR) is 137 cm³/mol. The topological polar surface area (TPSA) is 121 Å². The van der Waals surface area contributed by atoms with Crippen molar-refractivity contribution in [2.45, 2.75) is 25.7 Å². The van der Waals surface area contributed by atoms with Gasteiger partial charge < -0.3 is 23.6 Å². The van der Waals surface area contributed by atoms with E-state index in [1.165, 1.54) is 12.1 Å². The summed E-state index contributed by atoms with van der Waals surface area (Å²) in [5.41, 5.74) is 1.56. The number of hydrogen-bond donors (Lipinski definition) is 1. The average Bonchev–Trinajstić information content (AvgIpc) is 3.71. The molecule has 6 rings (SSSR count). The predicted octanol–water partition coefficient (Wildman–Crippen LogP) is 3.41. The van der Waals surface area contributed by atoms with E-state index < -0.39 is 6.04 Å². The lowest BCUT2D eigenvalue weighted by Crippen LogP contribution is -2.35. The highest BCUT2D eigenvalue weighted by Gasteiger charge is 2.32. The summed E-state index contributed by atoms with van der Waals surface area (Å²) in [7, 11) is 1.59. The van der Waals surface area contributed by atoms with Crippen LogP contribution in [0.25, 0.3) is 10.9 Å². The summed E-state index contributed by atoms with van der Waals surface area (Å²) in [5.74, 6) is 1.97. The number of tetrazole rings is 1. The van der Waals surface area contributed by atoms with Crippen molar-refractivity contribution in [3.05, 3.63) is 99.7 Å². The van der Waals surface area contributed by atoms with Gasteiger partial charge in [0.15, 0.2) is 17.3 Å². The molecule has 1 aliphatic rings. The van der Waals surface area contributed by atoms with Crippen LogP contribution in [0.5, 0.6) is 11.5 Å². The lowest BCUT2D eigenvalue weighted by molar-refractivity contribution is 0.163. The van der Waals surface area contributed by atoms with Gasteiger partial charge in [-0.15, -0.1) is 5.10 Å². The monoisotopic (exact) mass is 532 g/mol. The van der Waals surface area contributed by atoms with Gasteiger partial charge in [0.05, 0.1) is 31.5 Å². The van der Waals surface area contributed by atoms with Crippen LogP contribution in [0.15, 0.2) is 70.1 Å². The molecule has 1 aliphatic heterocycles. The molecule has 11 nitrogen and oxygen atoms in total. The third-order valence-electron chi connectivity index (χ3n) is 6.58. The fraction of sp³-hybridized carbons (Fsp3) is 0.259. The van der Waals surface area contributed by atoms with Gasteiger partial charge in [0.2, 0.25) is 6.79 Å². The molecule has 1 N–H and O–H groups in total. The number of furan rings is 1. The van der Waals surface area contributed by atoms with Gasteiger partial charge in [-0.25, -0.2) is 9.07 Å². The number of halogens is 1. The van der Waals surface area contributed by atoms with E-state index in [2.05, 4.69) is 20.5 Å². The highest BCUT2D eigenvalue weighted by atomic mass is 19.1. The molecule has 0 fully saturated rings. The number of H-pyrrole nitrogens is 1. The molecule has 2 aromatic carbocycles. The third-order valence-corrected chi connectivity index (χ3v) is 6.58. The molecular weight excluding hydrogens is 507 g/mol. The highest BCUT2D eigenvalue weighted by Crippen LogP contribution is 2.37. The van der Waals surface area contributed by atoms with Crippen LogP contribution in [-0.4, -0.2) is 50.6 Å². The van der Waals surface area contributed by atoms with Gasteiger partial charge >= 0.3 is 0 Å². The second-order valence-corrected chi connectivity index (χ2v) is 9.11. The number of hydrogen-bond acceptors (Lipinski definition) is 9. The Morgan fingerprint density at radius 1 is 1.13 bits per heavy atom. The van der Waals surface area contributed by atoms with Crippen molar-refractivity contribution in [3.8, 4) is 11.5 Å². The first kappa shape index (κ1) is 24.8. The minimum atomic E-state index is -0.703. The first-order chi connectivity index (χ1) is 19.1. The minimum Gasteiger partial charge on any atom is -0.468 e. The average molecular weight is 533 g/mol. The maximum atomic E-state index is 13.7. The molecular formula is C27H25FN6O5. The van der Waals surface area contributed by atoms with Crippen LogP contribution in [0.4, 0.5) is 4.39 Å². The number of benzene rings is 2. The van der Waals surface area contributed by atoms with Crippen molar-refractivity contribution in [2.24, 2.45) is 0 Å². The van der Waals surface area contributed by atoms with E-state index in [1.54, 1.807) is 42.3 Å². The lowest BCUT2D eigenvalue weighted by Gasteiger charge is -2.30. The summed E-state index contributed by atoms with van der Waals surface area (Å²) >= 11 is 0. The smallest absolute Gasteiger partial charge is 0.253 e. The third kappa shape index (κ3) is 5.11. The van der Waals surface area contributed by atoms with Crippen molar-refractivity contribution in [3.63, 3.8) is 0 Å². The maximum absolute atomic E-state index is 13.7. The van der Waals surface area contributed by atoms with E-state index in [0.29, 0.717) is 60.4 Å². The Balaban J connectivity index is 1.51. The van der Waals surface area contributed by atoms with E-state index in [4.69, 9.17) is 18.6 Å². The number of methoxy groups -OCH3 is 1. The van der Waals surface area contributed by atoms with Crippen molar-refractivity contribution in [1.29, 1.82) is 0 Å². The Bertz CT molecular complexity index is 1630. The Morgan fingerprint density at radius 2 is 1.95 bits per heavy atom. The number of fused-ring (bicyclic) bond motifs is 2. The zero-order valence-corrected chi connectivity index (χ0v) is 21.0. The molecule has 1 atom stereocenters. The molecule has 39 heavy (non-hydrogen) atoms. The number of pyridine rings is 1. The maximum Gasteiger partial charge on any atom is 0.253 e. The molecule has 0 saturated heterocycles. The number of nitrogens with zero attached hydrogens (tertiary/aromatic N) is 5. The molecule has 0 amide bonds. The largest absolute Gasteiger partial charge is 0.468 e. The Kier molecular flexibility index (Phi) is 6.78. The van der Waals surface area contributed by atoms with Gasteiger partial charge in [0.25, 0.3) is 5.56 Å². The Hall–Kier alpha value is -4.55. The van der Waals surface area contributed by atoms with Gasteiger partial charge in [-0.1, -0.05) is 12.1 Å². The van der Waals surface area contributed by atoms with Gasteiger partial charge in [-0.2, -0.15) is 0 Å². The molecule has 0 unspecified atom stereocenters. The fourth-order valence-corrected chi connectivity index (χ4v) is 4.73. The Labute approximate surface area is 221 Å². The number of rotatable bonds is 10. The quantitative estimate of drug-likeness (QED) is 0.288. The van der Waals surface area contributed by atoms with Crippen molar-refractivity contribution >= 4 is 10.9 Å². The standard InChI is InChI=1S/C27H25FN6O5/c1-36-10-8-34-26(30-31-32-34)25(21-11-18-12-23-24(39-16-38-23)13-22(18)29-27(21)35)33(15-20-3-2-9-37-20)14-17-4-6-19(28)7-5-17/h2-7,9,11-13,25H,8,10,14-16H2,1H3,(H,29,35)/t25-/m0/s1. The van der Waals surface area contributed by atoms with E-state index in [-0.39, 0.29) is 18.2 Å². The van der Waals surface area contributed by atoms with Gasteiger partial charge in [0.1, 0.15) is 17.6 Å². The molecule has 200 valence electrons. The van der Waals surface area contributed by atoms with Crippen LogP contribution in [0.3, 0.4) is 0 Å². The molecule has 0 radical (unpaired) electrons. The summed E-state index contributed by atoms with van der Waals surface area (Å²) in [4.78, 5) is 18.7. The van der Waals surface area contributed by atoms with Gasteiger partial charge in [0, 0.05) is 30.7 Å². The SMILES string of the molecule is COCCn1nnnc1[C@H](c1cc2cc3c(cc2[nH]c1=O)OCO3)N(Cc1ccc(F)cc1)Cc1ccco1. The minimum absolute atomic E-state index is 0.119. The van der Waals surface area contributed by atoms with E-state index >= 15 is 0 Å². The summed E-state index contributed by atoms with van der Waals surface area (Å²) in [5, 5.41) is 13.2. The summed E-state index contributed by atoms with van der Waals surface area (Å²) < 4.78 is 37.3. The normalized spacial score (nSPS) is 13.4. The first-order valence-corrected chi connectivity index (χ1v) is 12.3. The van der Waals surface area contributed by atoms with Crippen LogP contribution in [0, 0.1) is 5.82 Å². The fourth-order valence-electron chi connectivity index (χ4n) is 4.73. The first-order valence-electron chi connectivity index (χ1n) is 12.3. The molecule has 4 heterocycles. The van der Waals surface area contributed by atoms with Crippen LogP contribution in [0.1, 0.15) is 28.8 Å². The second kappa shape index (κ2) is 10.7. The molecule has 0 spiro atoms. The Morgan fingerprint density at radius 3 is 2.72 bits per heavy atom. The van der Waals surface area contributed by atoms with Gasteiger partial charge in [-0.3, -0.25) is 9.69 Å². The number of aromatic nitrogens is 5. The van der Waals surface area contributed by atoms with E-state index in [1.807, 2.05) is 23.1 Å². The van der Waals surface area contributed by atoms with Crippen molar-refractivity contribution < 1.29 is 23.0 Å². The zero-order chi connectivity index (χ0) is 26.8. The molecule has 0 bridgehead atoms. The zero-order valence-electron chi connectivity index (χ0n) is 21.0. The van der Waals surface area contributed by atoms with Crippen LogP contribution >= 0.6 is 0 Å². The highest BCUT2D eigenvalue weighted by molar-refractivity contribution is 5.83. The summed E-state index contributed by atoms with van der Waals surface area (Å²) in [6.07, 6.45) is 1.59. The number of ether oxygens (including phenoxy) is 3. The number of nitrogens with one attached hydrogen (secondary N) is 1. The van der Waals surface area contributed by atoms with Crippen LogP contribution in [-0.2, 0) is 24.4 Å². The molecule has 3 aromatic heterocycles. The molecule has 0 aliphatic carbocycles. The van der Waals surface area contributed by atoms with E-state index in [9.17, 15) is 9.18 Å². The van der Waals surface area contributed by atoms with E-state index in [0.717, 1.165) is 10.9 Å². The van der Waals surface area contributed by atoms with Gasteiger partial charge in [-0.05, 0) is 52.4 Å². The van der Waals surface area contributed by atoms with Crippen LogP contribution < -0.4 is 15.0 Å². The second-order valence-electron chi connectivity index (χ2n) is 9.11. The summed E-state index contributed by atoms with van der Waals surface area (Å²) in [6.45, 7) is 1.55. The van der Waals surface area contributed by atoms with Crippen LogP contribution in [0.2, 0.25) is 0 Å². The van der Waals surface area contributed by atoms with Crippen molar-refractivity contribution in [2.75, 3.05) is 20.5 Å². The molecule has 5 aromatic rings. The molecule has 12 heteroatoms. The molecule has 0 saturated carbocycles. The van der Waals surface area contributed by atoms with Crippen molar-refractivity contribution in [1.82, 2.24) is 30.1 Å². The summed E-state index contributed by atoms with van der Waals surface area (Å²) in [6, 6.07) is 14.6. The lowest BCUT2D eigenvalue weighted by atomic mass is 10.0. The number of aromatic amines is 1.